The van der Waals surface area contributed by atoms with Crippen LogP contribution in [0.5, 0.6) is 0 Å². The summed E-state index contributed by atoms with van der Waals surface area (Å²) in [7, 11) is 1.67. The van der Waals surface area contributed by atoms with Crippen molar-refractivity contribution in [3.63, 3.8) is 0 Å². The minimum atomic E-state index is -3.01. The number of nitrogens with two attached hydrogens (primary N) is 1. The second kappa shape index (κ2) is 20.2. The van der Waals surface area contributed by atoms with Crippen LogP contribution in [-0.2, 0) is 48.5 Å². The number of anilines is 2. The monoisotopic (exact) mass is 887 g/mol. The van der Waals surface area contributed by atoms with Crippen LogP contribution in [0.2, 0.25) is 0 Å². The van der Waals surface area contributed by atoms with Gasteiger partial charge < -0.3 is 34.9 Å². The smallest absolute Gasteiger partial charge is 0.329 e. The van der Waals surface area contributed by atoms with E-state index in [2.05, 4.69) is 25.8 Å². The first-order chi connectivity index (χ1) is 30.3. The third-order valence-corrected chi connectivity index (χ3v) is 10.6. The van der Waals surface area contributed by atoms with Crippen molar-refractivity contribution in [2.75, 3.05) is 76.2 Å². The molecule has 0 radical (unpaired) electrons. The highest BCUT2D eigenvalue weighted by Crippen LogP contribution is 2.30. The zero-order chi connectivity index (χ0) is 44.7. The van der Waals surface area contributed by atoms with Gasteiger partial charge in [-0.2, -0.15) is 10.2 Å². The number of rotatable bonds is 21. The Hall–Kier alpha value is -5.75. The van der Waals surface area contributed by atoms with Gasteiger partial charge in [0.05, 0.1) is 82.3 Å². The summed E-state index contributed by atoms with van der Waals surface area (Å²) in [4.78, 5) is 56.2. The Balaban J connectivity index is 0.763. The molecule has 2 aliphatic rings. The van der Waals surface area contributed by atoms with Gasteiger partial charge >= 0.3 is 5.69 Å². The normalized spacial score (nSPS) is 17.9. The van der Waals surface area contributed by atoms with Crippen LogP contribution in [0, 0.1) is 0 Å². The third-order valence-electron chi connectivity index (χ3n) is 10.6. The molecule has 2 atom stereocenters. The molecule has 4 N–H and O–H groups in total. The van der Waals surface area contributed by atoms with Crippen LogP contribution in [0.4, 0.5) is 29.1 Å². The van der Waals surface area contributed by atoms with Crippen molar-refractivity contribution >= 4 is 45.9 Å². The van der Waals surface area contributed by atoms with Crippen LogP contribution >= 0.6 is 0 Å². The summed E-state index contributed by atoms with van der Waals surface area (Å²) in [6.07, 6.45) is 2.27. The molecule has 4 aromatic heterocycles. The van der Waals surface area contributed by atoms with E-state index >= 15 is 0 Å². The third kappa shape index (κ3) is 10.9. The molecule has 23 heteroatoms. The summed E-state index contributed by atoms with van der Waals surface area (Å²) >= 11 is 0. The van der Waals surface area contributed by atoms with Crippen molar-refractivity contribution in [1.29, 1.82) is 0 Å². The molecule has 0 spiro atoms. The van der Waals surface area contributed by atoms with Crippen LogP contribution in [0.15, 0.2) is 47.7 Å². The Kier molecular flexibility index (Phi) is 14.5. The van der Waals surface area contributed by atoms with E-state index in [1.165, 1.54) is 43.3 Å². The van der Waals surface area contributed by atoms with E-state index in [4.69, 9.17) is 24.7 Å². The number of fused-ring (bicyclic) bond motifs is 2. The Morgan fingerprint density at radius 3 is 2.43 bits per heavy atom. The molecule has 2 fully saturated rings. The van der Waals surface area contributed by atoms with Crippen molar-refractivity contribution in [2.24, 2.45) is 12.8 Å². The van der Waals surface area contributed by atoms with Crippen LogP contribution in [0.1, 0.15) is 59.8 Å². The van der Waals surface area contributed by atoms with Crippen molar-refractivity contribution < 1.29 is 50.9 Å². The van der Waals surface area contributed by atoms with Gasteiger partial charge in [0, 0.05) is 51.5 Å². The lowest BCUT2D eigenvalue weighted by molar-refractivity contribution is -0.135. The molecule has 2 aliphatic heterocycles. The van der Waals surface area contributed by atoms with E-state index in [0.29, 0.717) is 51.4 Å². The Labute approximate surface area is 357 Å². The molecular formula is C40H49F4N11O8. The first-order valence-electron chi connectivity index (χ1n) is 20.5. The number of nitrogens with one attached hydrogen (secondary N) is 2. The summed E-state index contributed by atoms with van der Waals surface area (Å²) in [6.45, 7) is 2.13. The second-order valence-electron chi connectivity index (χ2n) is 15.3. The molecule has 340 valence electrons. The fourth-order valence-corrected chi connectivity index (χ4v) is 7.74. The summed E-state index contributed by atoms with van der Waals surface area (Å²) in [5.74, 6) is -4.45. The first kappa shape index (κ1) is 45.3. The number of amides is 3. The summed E-state index contributed by atoms with van der Waals surface area (Å²) < 4.78 is 84.1. The Morgan fingerprint density at radius 2 is 1.73 bits per heavy atom. The van der Waals surface area contributed by atoms with Gasteiger partial charge in [0.2, 0.25) is 11.8 Å². The minimum absolute atomic E-state index is 0.0449. The molecule has 1 aromatic carbocycles. The average Bonchev–Trinajstić information content (AvgIpc) is 3.92. The zero-order valence-electron chi connectivity index (χ0n) is 34.5. The molecule has 2 saturated heterocycles. The van der Waals surface area contributed by atoms with E-state index in [1.807, 2.05) is 12.1 Å². The highest BCUT2D eigenvalue weighted by Gasteiger charge is 2.40. The number of imidazole rings is 1. The number of hydrogen-bond acceptors (Lipinski definition) is 13. The minimum Gasteiger partial charge on any atom is -0.379 e. The van der Waals surface area contributed by atoms with Gasteiger partial charge in [0.1, 0.15) is 17.4 Å². The van der Waals surface area contributed by atoms with Crippen LogP contribution in [0.25, 0.3) is 16.7 Å². The van der Waals surface area contributed by atoms with Gasteiger partial charge in [-0.15, -0.1) is 0 Å². The Bertz CT molecular complexity index is 2470. The number of hydrogen-bond donors (Lipinski definition) is 3. The lowest BCUT2D eigenvalue weighted by Crippen LogP contribution is -2.52. The standard InChI is InChI=1S/C40H49F4N11O8/c1-51-34-25(4-2-6-29(34)55(39(51)59)30-7-8-32(56)49-38(30)58)5-3-12-60-14-16-62-18-19-63-17-15-61-13-11-53-23-28(33(50-53)35(41)42)47-37(57)27-21-46-54-10-9-31(48-36(27)54)52-22-26(45)20-40(43,44)24-52/h2,4,6,9-10,21,23,26,30,35H,3,5,7-8,11-20,22,24,45H2,1H3,(H,47,57)(H,49,56,58)/t26-,30?/m1/s1. The maximum atomic E-state index is 14.2. The Morgan fingerprint density at radius 1 is 1.02 bits per heavy atom. The quantitative estimate of drug-likeness (QED) is 0.0550. The maximum absolute atomic E-state index is 14.2. The molecule has 6 heterocycles. The number of aromatic nitrogens is 7. The SMILES string of the molecule is Cn1c(=O)n(C2CCC(=O)NC2=O)c2cccc(CCCOCCOCCOCCOCCn3cc(NC(=O)c4cnn5ccc(N6C[C@H](N)CC(F)(F)C6)nc45)c(C(F)F)n3)c21. The van der Waals surface area contributed by atoms with Gasteiger partial charge in [0.15, 0.2) is 11.3 Å². The van der Waals surface area contributed by atoms with Gasteiger partial charge in [-0.05, 0) is 37.0 Å². The highest BCUT2D eigenvalue weighted by atomic mass is 19.3. The van der Waals surface area contributed by atoms with E-state index in [-0.39, 0.29) is 80.1 Å². The number of carbonyl (C=O) groups is 3. The van der Waals surface area contributed by atoms with Crippen LogP contribution in [-0.4, -0.2) is 129 Å². The molecule has 19 nitrogen and oxygen atoms in total. The zero-order valence-corrected chi connectivity index (χ0v) is 34.5. The number of halogens is 4. The highest BCUT2D eigenvalue weighted by molar-refractivity contribution is 6.08. The average molecular weight is 888 g/mol. The number of aryl methyl sites for hydroxylation is 2. The predicted molar refractivity (Wildman–Crippen MR) is 218 cm³/mol. The summed E-state index contributed by atoms with van der Waals surface area (Å²) in [5.41, 5.74) is 6.99. The van der Waals surface area contributed by atoms with Crippen LogP contribution < -0.4 is 27.0 Å². The number of imide groups is 1. The molecule has 7 rings (SSSR count). The number of alkyl halides is 4. The van der Waals surface area contributed by atoms with E-state index < -0.39 is 54.9 Å². The number of piperidine rings is 2. The summed E-state index contributed by atoms with van der Waals surface area (Å²) in [6, 6.07) is 5.57. The van der Waals surface area contributed by atoms with Crippen molar-refractivity contribution in [1.82, 2.24) is 38.8 Å². The van der Waals surface area contributed by atoms with E-state index in [1.54, 1.807) is 17.7 Å². The summed E-state index contributed by atoms with van der Waals surface area (Å²) in [5, 5.41) is 12.8. The molecule has 0 saturated carbocycles. The molecule has 0 bridgehead atoms. The first-order valence-corrected chi connectivity index (χ1v) is 20.5. The van der Waals surface area contributed by atoms with E-state index in [0.717, 1.165) is 11.1 Å². The van der Waals surface area contributed by atoms with Crippen molar-refractivity contribution in [3.05, 3.63) is 70.2 Å². The number of nitrogens with zero attached hydrogens (tertiary/aromatic N) is 8. The molecule has 0 aliphatic carbocycles. The molecular weight excluding hydrogens is 839 g/mol. The number of para-hydroxylation sites is 1. The van der Waals surface area contributed by atoms with Crippen molar-refractivity contribution in [3.8, 4) is 0 Å². The molecule has 63 heavy (non-hydrogen) atoms. The number of ether oxygens (including phenoxy) is 4. The lowest BCUT2D eigenvalue weighted by Gasteiger charge is -2.36. The fourth-order valence-electron chi connectivity index (χ4n) is 7.74. The van der Waals surface area contributed by atoms with Crippen LogP contribution in [0.3, 0.4) is 0 Å². The van der Waals surface area contributed by atoms with Gasteiger partial charge in [-0.1, -0.05) is 12.1 Å². The fraction of sp³-hybridized carbons (Fsp3) is 0.525. The van der Waals surface area contributed by atoms with Gasteiger partial charge in [0.25, 0.3) is 18.3 Å². The number of benzene rings is 1. The van der Waals surface area contributed by atoms with Gasteiger partial charge in [-0.25, -0.2) is 31.9 Å². The van der Waals surface area contributed by atoms with E-state index in [9.17, 15) is 36.7 Å². The molecule has 1 unspecified atom stereocenters. The maximum Gasteiger partial charge on any atom is 0.329 e. The van der Waals surface area contributed by atoms with Crippen molar-refractivity contribution in [2.45, 2.75) is 63.1 Å². The topological polar surface area (TPSA) is 216 Å². The largest absolute Gasteiger partial charge is 0.379 e. The number of carbonyl (C=O) groups excluding carboxylic acids is 3. The lowest BCUT2D eigenvalue weighted by atomic mass is 10.0. The molecule has 5 aromatic rings. The predicted octanol–water partition coefficient (Wildman–Crippen LogP) is 2.62. The van der Waals surface area contributed by atoms with Gasteiger partial charge in [-0.3, -0.25) is 33.5 Å². The second-order valence-corrected chi connectivity index (χ2v) is 15.3. The molecule has 3 amide bonds.